The Labute approximate surface area is 178 Å². The molecular formula is C22H25BrN4O2. The number of benzene rings is 2. The Morgan fingerprint density at radius 3 is 2.83 bits per heavy atom. The minimum Gasteiger partial charge on any atom is -0.370 e. The summed E-state index contributed by atoms with van der Waals surface area (Å²) in [5.74, 6) is -0.0773. The molecule has 1 aromatic heterocycles. The van der Waals surface area contributed by atoms with Gasteiger partial charge in [-0.2, -0.15) is 0 Å². The molecule has 0 unspecified atom stereocenters. The molecule has 152 valence electrons. The van der Waals surface area contributed by atoms with E-state index >= 15 is 0 Å². The Morgan fingerprint density at radius 2 is 2.07 bits per heavy atom. The Hall–Kier alpha value is -2.67. The third kappa shape index (κ3) is 5.44. The highest BCUT2D eigenvalue weighted by Gasteiger charge is 2.08. The summed E-state index contributed by atoms with van der Waals surface area (Å²) in [4.78, 5) is 31.3. The van der Waals surface area contributed by atoms with Crippen molar-refractivity contribution in [1.29, 1.82) is 0 Å². The van der Waals surface area contributed by atoms with Gasteiger partial charge in [0.1, 0.15) is 0 Å². The van der Waals surface area contributed by atoms with Gasteiger partial charge in [0.25, 0.3) is 5.56 Å². The van der Waals surface area contributed by atoms with Crippen LogP contribution in [0.1, 0.15) is 18.9 Å². The normalized spacial score (nSPS) is 10.9. The van der Waals surface area contributed by atoms with Gasteiger partial charge in [-0.1, -0.05) is 28.1 Å². The van der Waals surface area contributed by atoms with E-state index in [1.807, 2.05) is 12.1 Å². The molecule has 1 heterocycles. The number of carbonyl (C=O) groups excluding carboxylic acids is 1. The number of hydrogen-bond acceptors (Lipinski definition) is 4. The molecule has 0 fully saturated rings. The maximum absolute atomic E-state index is 12.6. The molecule has 0 saturated heterocycles. The van der Waals surface area contributed by atoms with Crippen molar-refractivity contribution in [3.63, 3.8) is 0 Å². The highest BCUT2D eigenvalue weighted by molar-refractivity contribution is 9.10. The zero-order valence-corrected chi connectivity index (χ0v) is 18.3. The molecule has 0 bridgehead atoms. The first-order valence-electron chi connectivity index (χ1n) is 9.71. The van der Waals surface area contributed by atoms with Crippen molar-refractivity contribution in [1.82, 2.24) is 14.9 Å². The molecular weight excluding hydrogens is 432 g/mol. The van der Waals surface area contributed by atoms with Crippen LogP contribution >= 0.6 is 15.9 Å². The zero-order valence-electron chi connectivity index (χ0n) is 16.7. The van der Waals surface area contributed by atoms with Gasteiger partial charge in [-0.05, 0) is 49.7 Å². The Bertz CT molecular complexity index is 1060. The second-order valence-corrected chi connectivity index (χ2v) is 7.84. The molecule has 0 saturated carbocycles. The van der Waals surface area contributed by atoms with Gasteiger partial charge in [0.15, 0.2) is 0 Å². The van der Waals surface area contributed by atoms with Crippen LogP contribution in [0.25, 0.3) is 10.9 Å². The van der Waals surface area contributed by atoms with Crippen LogP contribution in [-0.2, 0) is 11.3 Å². The molecule has 0 aliphatic rings. The van der Waals surface area contributed by atoms with Crippen molar-refractivity contribution in [3.05, 3.63) is 69.2 Å². The molecule has 3 rings (SSSR count). The van der Waals surface area contributed by atoms with E-state index in [1.165, 1.54) is 16.5 Å². The lowest BCUT2D eigenvalue weighted by Gasteiger charge is -2.23. The number of nitrogens with one attached hydrogen (secondary N) is 1. The maximum atomic E-state index is 12.6. The minimum absolute atomic E-state index is 0.0773. The first-order valence-corrected chi connectivity index (χ1v) is 10.5. The van der Waals surface area contributed by atoms with E-state index in [4.69, 9.17) is 0 Å². The Morgan fingerprint density at radius 1 is 1.24 bits per heavy atom. The second-order valence-electron chi connectivity index (χ2n) is 6.92. The van der Waals surface area contributed by atoms with Crippen LogP contribution in [0.15, 0.2) is 58.1 Å². The number of anilines is 1. The smallest absolute Gasteiger partial charge is 0.261 e. The van der Waals surface area contributed by atoms with E-state index in [0.29, 0.717) is 24.0 Å². The van der Waals surface area contributed by atoms with E-state index in [2.05, 4.69) is 63.2 Å². The summed E-state index contributed by atoms with van der Waals surface area (Å²) in [5, 5.41) is 3.48. The SMILES string of the molecule is CCN(CCNC(=O)CCn1cnc2ccc(Br)cc2c1=O)c1cccc(C)c1. The summed E-state index contributed by atoms with van der Waals surface area (Å²) in [6.07, 6.45) is 1.74. The topological polar surface area (TPSA) is 67.2 Å². The van der Waals surface area contributed by atoms with Crippen molar-refractivity contribution in [3.8, 4) is 0 Å². The van der Waals surface area contributed by atoms with Gasteiger partial charge in [-0.25, -0.2) is 4.98 Å². The summed E-state index contributed by atoms with van der Waals surface area (Å²) in [5.41, 5.74) is 2.88. The quantitative estimate of drug-likeness (QED) is 0.563. The Balaban J connectivity index is 1.53. The average molecular weight is 457 g/mol. The summed E-state index contributed by atoms with van der Waals surface area (Å²) in [6, 6.07) is 13.7. The zero-order chi connectivity index (χ0) is 20.8. The van der Waals surface area contributed by atoms with Gasteiger partial charge in [0, 0.05) is 42.8 Å². The first-order chi connectivity index (χ1) is 14.0. The summed E-state index contributed by atoms with van der Waals surface area (Å²) in [7, 11) is 0. The average Bonchev–Trinajstić information content (AvgIpc) is 2.71. The molecule has 0 spiro atoms. The molecule has 1 amide bonds. The molecule has 1 N–H and O–H groups in total. The van der Waals surface area contributed by atoms with Crippen LogP contribution in [0.5, 0.6) is 0 Å². The van der Waals surface area contributed by atoms with E-state index < -0.39 is 0 Å². The Kier molecular flexibility index (Phi) is 7.04. The molecule has 0 aliphatic heterocycles. The van der Waals surface area contributed by atoms with Gasteiger partial charge in [-0.3, -0.25) is 14.2 Å². The monoisotopic (exact) mass is 456 g/mol. The lowest BCUT2D eigenvalue weighted by atomic mass is 10.2. The molecule has 0 aliphatic carbocycles. The molecule has 6 nitrogen and oxygen atoms in total. The molecule has 0 atom stereocenters. The van der Waals surface area contributed by atoms with Gasteiger partial charge in [-0.15, -0.1) is 0 Å². The van der Waals surface area contributed by atoms with Crippen molar-refractivity contribution >= 4 is 38.4 Å². The largest absolute Gasteiger partial charge is 0.370 e. The molecule has 7 heteroatoms. The number of aromatic nitrogens is 2. The van der Waals surface area contributed by atoms with Gasteiger partial charge >= 0.3 is 0 Å². The number of rotatable bonds is 8. The number of carbonyl (C=O) groups is 1. The maximum Gasteiger partial charge on any atom is 0.261 e. The van der Waals surface area contributed by atoms with E-state index in [9.17, 15) is 9.59 Å². The van der Waals surface area contributed by atoms with Crippen LogP contribution in [0.4, 0.5) is 5.69 Å². The number of hydrogen-bond donors (Lipinski definition) is 1. The van der Waals surface area contributed by atoms with E-state index in [1.54, 1.807) is 12.1 Å². The third-order valence-corrected chi connectivity index (χ3v) is 5.31. The molecule has 2 aromatic carbocycles. The fourth-order valence-electron chi connectivity index (χ4n) is 3.23. The predicted octanol–water partition coefficient (Wildman–Crippen LogP) is 3.50. The van der Waals surface area contributed by atoms with Crippen LogP contribution in [0.2, 0.25) is 0 Å². The van der Waals surface area contributed by atoms with Crippen LogP contribution in [0.3, 0.4) is 0 Å². The van der Waals surface area contributed by atoms with Crippen LogP contribution < -0.4 is 15.8 Å². The lowest BCUT2D eigenvalue weighted by molar-refractivity contribution is -0.121. The van der Waals surface area contributed by atoms with Gasteiger partial charge < -0.3 is 10.2 Å². The van der Waals surface area contributed by atoms with Crippen LogP contribution in [0, 0.1) is 6.92 Å². The summed E-state index contributed by atoms with van der Waals surface area (Å²) < 4.78 is 2.31. The highest BCUT2D eigenvalue weighted by atomic mass is 79.9. The number of amides is 1. The van der Waals surface area contributed by atoms with Gasteiger partial charge in [0.05, 0.1) is 17.2 Å². The fourth-order valence-corrected chi connectivity index (χ4v) is 3.59. The number of nitrogens with zero attached hydrogens (tertiary/aromatic N) is 3. The fraction of sp³-hybridized carbons (Fsp3) is 0.318. The lowest BCUT2D eigenvalue weighted by Crippen LogP contribution is -2.35. The summed E-state index contributed by atoms with van der Waals surface area (Å²) in [6.45, 7) is 6.63. The number of halogens is 1. The van der Waals surface area contributed by atoms with Gasteiger partial charge in [0.2, 0.25) is 5.91 Å². The second kappa shape index (κ2) is 9.69. The van der Waals surface area contributed by atoms with Crippen molar-refractivity contribution in [2.75, 3.05) is 24.5 Å². The molecule has 3 aromatic rings. The van der Waals surface area contributed by atoms with E-state index in [-0.39, 0.29) is 17.9 Å². The molecule has 29 heavy (non-hydrogen) atoms. The number of aryl methyl sites for hydroxylation is 2. The van der Waals surface area contributed by atoms with Crippen molar-refractivity contribution < 1.29 is 4.79 Å². The third-order valence-electron chi connectivity index (χ3n) is 4.82. The number of likely N-dealkylation sites (N-methyl/N-ethyl adjacent to an activating group) is 1. The molecule has 0 radical (unpaired) electrons. The van der Waals surface area contributed by atoms with E-state index in [0.717, 1.165) is 23.2 Å². The van der Waals surface area contributed by atoms with Crippen LogP contribution in [-0.4, -0.2) is 35.1 Å². The standard InChI is InChI=1S/C22H25BrN4O2/c1-3-26(18-6-4-5-16(2)13-18)12-10-24-21(28)9-11-27-15-25-20-8-7-17(23)14-19(20)22(27)29/h4-8,13-15H,3,9-12H2,1-2H3,(H,24,28). The van der Waals surface area contributed by atoms with Crippen molar-refractivity contribution in [2.24, 2.45) is 0 Å². The number of fused-ring (bicyclic) bond motifs is 1. The van der Waals surface area contributed by atoms with Crippen molar-refractivity contribution in [2.45, 2.75) is 26.8 Å². The summed E-state index contributed by atoms with van der Waals surface area (Å²) >= 11 is 3.38. The first kappa shape index (κ1) is 21.0. The predicted molar refractivity (Wildman–Crippen MR) is 120 cm³/mol. The minimum atomic E-state index is -0.138. The highest BCUT2D eigenvalue weighted by Crippen LogP contribution is 2.16.